The maximum Gasteiger partial charge on any atom is 0.469 e. The summed E-state index contributed by atoms with van der Waals surface area (Å²) in [5.74, 6) is -0.177. The Labute approximate surface area is 70.2 Å². The molecule has 0 bridgehead atoms. The summed E-state index contributed by atoms with van der Waals surface area (Å²) < 4.78 is 14.2. The van der Waals surface area contributed by atoms with Gasteiger partial charge in [0.05, 0.1) is 6.61 Å². The van der Waals surface area contributed by atoms with Gasteiger partial charge in [-0.05, 0) is 0 Å². The molecule has 0 aliphatic heterocycles. The smallest absolute Gasteiger partial charge is 0.354 e. The number of carbonyl (C=O) groups excluding carboxylic acids is 1. The maximum atomic E-state index is 10.6. The van der Waals surface area contributed by atoms with Gasteiger partial charge in [-0.2, -0.15) is 0 Å². The Morgan fingerprint density at radius 1 is 1.58 bits per heavy atom. The number of phosphoric acid groups is 1. The van der Waals surface area contributed by atoms with E-state index in [-0.39, 0.29) is 19.1 Å². The molecule has 0 aromatic heterocycles. The van der Waals surface area contributed by atoms with E-state index in [0.717, 1.165) is 0 Å². The van der Waals surface area contributed by atoms with E-state index in [0.29, 0.717) is 6.42 Å². The first-order chi connectivity index (χ1) is 5.45. The first-order valence-corrected chi connectivity index (χ1v) is 4.95. The van der Waals surface area contributed by atoms with Crippen LogP contribution in [0.2, 0.25) is 0 Å². The summed E-state index contributed by atoms with van der Waals surface area (Å²) >= 11 is 0. The number of nitrogens with one attached hydrogen (secondary N) is 1. The number of amides is 1. The molecule has 0 unspecified atom stereocenters. The van der Waals surface area contributed by atoms with Crippen molar-refractivity contribution in [2.75, 3.05) is 13.2 Å². The second-order valence-electron chi connectivity index (χ2n) is 2.03. The monoisotopic (exact) mass is 197 g/mol. The van der Waals surface area contributed by atoms with Crippen molar-refractivity contribution < 1.29 is 23.7 Å². The fraction of sp³-hybridized carbons (Fsp3) is 0.800. The number of hydrogen-bond acceptors (Lipinski definition) is 3. The number of hydrogen-bond donors (Lipinski definition) is 3. The van der Waals surface area contributed by atoms with Crippen LogP contribution in [-0.4, -0.2) is 28.8 Å². The van der Waals surface area contributed by atoms with Gasteiger partial charge >= 0.3 is 7.82 Å². The van der Waals surface area contributed by atoms with E-state index in [1.54, 1.807) is 6.92 Å². The fourth-order valence-corrected chi connectivity index (χ4v) is 0.809. The van der Waals surface area contributed by atoms with E-state index in [4.69, 9.17) is 9.79 Å². The largest absolute Gasteiger partial charge is 0.469 e. The van der Waals surface area contributed by atoms with Gasteiger partial charge in [0.25, 0.3) is 0 Å². The van der Waals surface area contributed by atoms with Gasteiger partial charge in [0, 0.05) is 13.0 Å². The third-order valence-corrected chi connectivity index (χ3v) is 1.52. The van der Waals surface area contributed by atoms with Crippen molar-refractivity contribution in [3.05, 3.63) is 0 Å². The lowest BCUT2D eigenvalue weighted by molar-refractivity contribution is -0.120. The molecular formula is C5H12NO5P. The lowest BCUT2D eigenvalue weighted by Crippen LogP contribution is -2.25. The Kier molecular flexibility index (Phi) is 5.08. The average Bonchev–Trinajstić information content (AvgIpc) is 1.96. The quantitative estimate of drug-likeness (QED) is 0.412. The van der Waals surface area contributed by atoms with E-state index >= 15 is 0 Å². The van der Waals surface area contributed by atoms with Crippen molar-refractivity contribution in [1.29, 1.82) is 0 Å². The highest BCUT2D eigenvalue weighted by atomic mass is 31.2. The fourth-order valence-electron chi connectivity index (χ4n) is 0.480. The summed E-state index contributed by atoms with van der Waals surface area (Å²) in [4.78, 5) is 27.0. The zero-order valence-electron chi connectivity index (χ0n) is 6.69. The van der Waals surface area contributed by atoms with Crippen molar-refractivity contribution in [1.82, 2.24) is 5.32 Å². The van der Waals surface area contributed by atoms with E-state index < -0.39 is 7.82 Å². The molecule has 0 heterocycles. The Hall–Kier alpha value is -0.420. The lowest BCUT2D eigenvalue weighted by atomic mass is 10.4. The molecule has 0 aromatic carbocycles. The summed E-state index contributed by atoms with van der Waals surface area (Å²) in [5, 5.41) is 2.40. The molecule has 0 radical (unpaired) electrons. The van der Waals surface area contributed by atoms with Crippen molar-refractivity contribution in [2.24, 2.45) is 0 Å². The van der Waals surface area contributed by atoms with Crippen LogP contribution < -0.4 is 5.32 Å². The van der Waals surface area contributed by atoms with Gasteiger partial charge in [-0.1, -0.05) is 6.92 Å². The van der Waals surface area contributed by atoms with Crippen LogP contribution in [0.4, 0.5) is 0 Å². The molecule has 0 rings (SSSR count). The van der Waals surface area contributed by atoms with Gasteiger partial charge in [-0.15, -0.1) is 0 Å². The van der Waals surface area contributed by atoms with Crippen molar-refractivity contribution in [3.8, 4) is 0 Å². The zero-order chi connectivity index (χ0) is 9.61. The topological polar surface area (TPSA) is 95.9 Å². The van der Waals surface area contributed by atoms with Gasteiger partial charge in [0.2, 0.25) is 5.91 Å². The minimum Gasteiger partial charge on any atom is -0.354 e. The Bertz CT molecular complexity index is 188. The molecule has 0 saturated carbocycles. The van der Waals surface area contributed by atoms with Gasteiger partial charge in [-0.25, -0.2) is 4.57 Å². The summed E-state index contributed by atoms with van der Waals surface area (Å²) in [6, 6.07) is 0. The van der Waals surface area contributed by atoms with Crippen LogP contribution in [0.1, 0.15) is 13.3 Å². The Morgan fingerprint density at radius 2 is 2.17 bits per heavy atom. The van der Waals surface area contributed by atoms with Crippen LogP contribution in [0.25, 0.3) is 0 Å². The highest BCUT2D eigenvalue weighted by Gasteiger charge is 2.12. The number of carbonyl (C=O) groups is 1. The molecule has 7 heteroatoms. The van der Waals surface area contributed by atoms with Crippen LogP contribution in [0.15, 0.2) is 0 Å². The molecule has 3 N–H and O–H groups in total. The van der Waals surface area contributed by atoms with Crippen LogP contribution in [-0.2, 0) is 13.9 Å². The van der Waals surface area contributed by atoms with E-state index in [9.17, 15) is 9.36 Å². The van der Waals surface area contributed by atoms with Gasteiger partial charge in [0.1, 0.15) is 0 Å². The standard InChI is InChI=1S/C5H12NO5P/c1-2-5(7)6-3-4-11-12(8,9)10/h2-4H2,1H3,(H,6,7)(H2,8,9,10). The highest BCUT2D eigenvalue weighted by Crippen LogP contribution is 2.34. The minimum atomic E-state index is -4.39. The van der Waals surface area contributed by atoms with Gasteiger partial charge in [0.15, 0.2) is 0 Å². The third kappa shape index (κ3) is 7.68. The molecule has 0 fully saturated rings. The predicted octanol–water partition coefficient (Wildman–Crippen LogP) is -0.378. The lowest BCUT2D eigenvalue weighted by Gasteiger charge is -2.05. The summed E-state index contributed by atoms with van der Waals surface area (Å²) in [5.41, 5.74) is 0. The molecule has 6 nitrogen and oxygen atoms in total. The predicted molar refractivity (Wildman–Crippen MR) is 41.3 cm³/mol. The molecule has 1 amide bonds. The molecule has 72 valence electrons. The molecule has 0 atom stereocenters. The third-order valence-electron chi connectivity index (χ3n) is 1.00. The van der Waals surface area contributed by atoms with Crippen molar-refractivity contribution in [3.63, 3.8) is 0 Å². The van der Waals surface area contributed by atoms with Crippen LogP contribution in [0, 0.1) is 0 Å². The van der Waals surface area contributed by atoms with Gasteiger partial charge in [-0.3, -0.25) is 9.32 Å². The minimum absolute atomic E-state index is 0.109. The summed E-state index contributed by atoms with van der Waals surface area (Å²) in [6.45, 7) is 1.60. The van der Waals surface area contributed by atoms with Crippen LogP contribution in [0.3, 0.4) is 0 Å². The van der Waals surface area contributed by atoms with Crippen LogP contribution >= 0.6 is 7.82 Å². The van der Waals surface area contributed by atoms with Gasteiger partial charge < -0.3 is 15.1 Å². The highest BCUT2D eigenvalue weighted by molar-refractivity contribution is 7.46. The first kappa shape index (κ1) is 11.6. The number of rotatable bonds is 5. The number of phosphoric ester groups is 1. The zero-order valence-corrected chi connectivity index (χ0v) is 7.58. The molecule has 0 aliphatic rings. The molecule has 0 aliphatic carbocycles. The molecular weight excluding hydrogens is 185 g/mol. The van der Waals surface area contributed by atoms with E-state index in [1.807, 2.05) is 0 Å². The van der Waals surface area contributed by atoms with E-state index in [1.165, 1.54) is 0 Å². The molecule has 0 aromatic rings. The Morgan fingerprint density at radius 3 is 2.58 bits per heavy atom. The van der Waals surface area contributed by atoms with E-state index in [2.05, 4.69) is 9.84 Å². The summed E-state index contributed by atoms with van der Waals surface area (Å²) in [6.07, 6.45) is 0.343. The average molecular weight is 197 g/mol. The second kappa shape index (κ2) is 5.27. The Balaban J connectivity index is 3.34. The molecule has 12 heavy (non-hydrogen) atoms. The molecule has 0 saturated heterocycles. The van der Waals surface area contributed by atoms with Crippen molar-refractivity contribution in [2.45, 2.75) is 13.3 Å². The normalized spacial score (nSPS) is 11.2. The SMILES string of the molecule is CCC(=O)NCCOP(=O)(O)O. The molecule has 0 spiro atoms. The summed E-state index contributed by atoms with van der Waals surface area (Å²) in [7, 11) is -4.39. The maximum absolute atomic E-state index is 10.6. The van der Waals surface area contributed by atoms with Crippen molar-refractivity contribution >= 4 is 13.7 Å². The van der Waals surface area contributed by atoms with Crippen LogP contribution in [0.5, 0.6) is 0 Å². The first-order valence-electron chi connectivity index (χ1n) is 3.42. The second-order valence-corrected chi connectivity index (χ2v) is 3.27.